The number of phenols is 1. The number of halogens is 1. The lowest BCUT2D eigenvalue weighted by Gasteiger charge is -2.08. The molecule has 0 spiro atoms. The first kappa shape index (κ1) is 9.61. The van der Waals surface area contributed by atoms with Gasteiger partial charge in [0.15, 0.2) is 11.5 Å². The number of aliphatic hydroxyl groups is 1. The molecule has 1 aliphatic heterocycles. The number of benzene rings is 1. The number of aliphatic hydroxyl groups excluding tert-OH is 1. The molecule has 1 aromatic carbocycles. The Bertz CT molecular complexity index is 364. The second kappa shape index (κ2) is 3.67. The monoisotopic (exact) mass is 260 g/mol. The summed E-state index contributed by atoms with van der Waals surface area (Å²) in [6.45, 7) is 0.115. The topological polar surface area (TPSA) is 58.9 Å². The summed E-state index contributed by atoms with van der Waals surface area (Å²) in [5.41, 5.74) is 0.578. The van der Waals surface area contributed by atoms with E-state index >= 15 is 0 Å². The lowest BCUT2D eigenvalue weighted by molar-refractivity contribution is 0.172. The number of phenolic OH excluding ortho intramolecular Hbond substituents is 1. The van der Waals surface area contributed by atoms with Gasteiger partial charge in [-0.3, -0.25) is 0 Å². The van der Waals surface area contributed by atoms with Gasteiger partial charge in [-0.2, -0.15) is 0 Å². The van der Waals surface area contributed by atoms with Crippen molar-refractivity contribution in [1.82, 2.24) is 0 Å². The van der Waals surface area contributed by atoms with Crippen molar-refractivity contribution in [2.45, 2.75) is 6.42 Å². The average molecular weight is 261 g/mol. The average Bonchev–Trinajstić information content (AvgIpc) is 2.60. The Hall–Kier alpha value is -0.940. The normalized spacial score (nSPS) is 13.3. The number of hydrogen-bond acceptors (Lipinski definition) is 4. The Balaban J connectivity index is 2.54. The SMILES string of the molecule is OCCc1c(O)c(Br)cc2c1OCO2. The molecule has 0 bridgehead atoms. The highest BCUT2D eigenvalue weighted by Crippen LogP contribution is 2.44. The van der Waals surface area contributed by atoms with Gasteiger partial charge < -0.3 is 19.7 Å². The second-order valence-electron chi connectivity index (χ2n) is 2.89. The van der Waals surface area contributed by atoms with Crippen LogP contribution in [0.5, 0.6) is 17.2 Å². The highest BCUT2D eigenvalue weighted by Gasteiger charge is 2.22. The zero-order valence-corrected chi connectivity index (χ0v) is 8.87. The van der Waals surface area contributed by atoms with Crippen LogP contribution in [0.25, 0.3) is 0 Å². The molecule has 0 saturated carbocycles. The van der Waals surface area contributed by atoms with Crippen molar-refractivity contribution in [3.63, 3.8) is 0 Å². The zero-order chi connectivity index (χ0) is 10.1. The van der Waals surface area contributed by atoms with Crippen molar-refractivity contribution in [3.05, 3.63) is 16.1 Å². The fourth-order valence-electron chi connectivity index (χ4n) is 1.41. The predicted molar refractivity (Wildman–Crippen MR) is 52.7 cm³/mol. The molecule has 0 amide bonds. The van der Waals surface area contributed by atoms with Crippen LogP contribution in [0.15, 0.2) is 10.5 Å². The highest BCUT2D eigenvalue weighted by molar-refractivity contribution is 9.10. The number of hydrogen-bond donors (Lipinski definition) is 2. The first-order valence-corrected chi connectivity index (χ1v) is 4.94. The molecule has 0 aliphatic carbocycles. The van der Waals surface area contributed by atoms with Gasteiger partial charge in [0.1, 0.15) is 5.75 Å². The Morgan fingerprint density at radius 3 is 2.93 bits per heavy atom. The fourth-order valence-corrected chi connectivity index (χ4v) is 1.86. The maximum Gasteiger partial charge on any atom is 0.231 e. The summed E-state index contributed by atoms with van der Waals surface area (Å²) in [6, 6.07) is 1.65. The lowest BCUT2D eigenvalue weighted by atomic mass is 10.1. The van der Waals surface area contributed by atoms with E-state index in [1.807, 2.05) is 0 Å². The third kappa shape index (κ3) is 1.42. The van der Waals surface area contributed by atoms with Crippen molar-refractivity contribution in [2.24, 2.45) is 0 Å². The van der Waals surface area contributed by atoms with Gasteiger partial charge in [0.25, 0.3) is 0 Å². The first-order valence-electron chi connectivity index (χ1n) is 4.15. The summed E-state index contributed by atoms with van der Waals surface area (Å²) in [7, 11) is 0. The van der Waals surface area contributed by atoms with Crippen LogP contribution < -0.4 is 9.47 Å². The number of aromatic hydroxyl groups is 1. The van der Waals surface area contributed by atoms with Gasteiger partial charge in [0.2, 0.25) is 6.79 Å². The van der Waals surface area contributed by atoms with E-state index < -0.39 is 0 Å². The van der Waals surface area contributed by atoms with Crippen LogP contribution in [-0.4, -0.2) is 23.6 Å². The van der Waals surface area contributed by atoms with Crippen molar-refractivity contribution in [2.75, 3.05) is 13.4 Å². The molecule has 1 aliphatic rings. The summed E-state index contributed by atoms with van der Waals surface area (Å²) < 4.78 is 10.9. The molecule has 1 aromatic rings. The number of rotatable bonds is 2. The maximum atomic E-state index is 9.70. The Kier molecular flexibility index (Phi) is 2.52. The van der Waals surface area contributed by atoms with E-state index in [4.69, 9.17) is 14.6 Å². The predicted octanol–water partition coefficient (Wildman–Crippen LogP) is 1.42. The molecule has 1 heterocycles. The van der Waals surface area contributed by atoms with E-state index in [1.54, 1.807) is 6.07 Å². The van der Waals surface area contributed by atoms with Crippen LogP contribution >= 0.6 is 15.9 Å². The van der Waals surface area contributed by atoms with Gasteiger partial charge in [-0.05, 0) is 15.9 Å². The molecule has 14 heavy (non-hydrogen) atoms. The number of fused-ring (bicyclic) bond motifs is 1. The molecule has 0 radical (unpaired) electrons. The molecule has 0 unspecified atom stereocenters. The maximum absolute atomic E-state index is 9.70. The van der Waals surface area contributed by atoms with Crippen LogP contribution in [-0.2, 0) is 6.42 Å². The van der Waals surface area contributed by atoms with E-state index in [-0.39, 0.29) is 19.1 Å². The van der Waals surface area contributed by atoms with Gasteiger partial charge in [-0.15, -0.1) is 0 Å². The lowest BCUT2D eigenvalue weighted by Crippen LogP contribution is -1.96. The molecule has 0 atom stereocenters. The first-order chi connectivity index (χ1) is 6.74. The summed E-state index contributed by atoms with van der Waals surface area (Å²) >= 11 is 3.20. The molecular weight excluding hydrogens is 252 g/mol. The summed E-state index contributed by atoms with van der Waals surface area (Å²) in [5.74, 6) is 1.22. The molecule has 2 rings (SSSR count). The second-order valence-corrected chi connectivity index (χ2v) is 3.75. The van der Waals surface area contributed by atoms with Crippen LogP contribution in [0.2, 0.25) is 0 Å². The molecule has 0 fully saturated rings. The van der Waals surface area contributed by atoms with Crippen molar-refractivity contribution in [1.29, 1.82) is 0 Å². The minimum absolute atomic E-state index is 0.0419. The van der Waals surface area contributed by atoms with Gasteiger partial charge in [0, 0.05) is 24.7 Å². The molecule has 0 aromatic heterocycles. The summed E-state index contributed by atoms with van der Waals surface area (Å²) in [5, 5.41) is 18.5. The van der Waals surface area contributed by atoms with Gasteiger partial charge in [-0.1, -0.05) is 0 Å². The molecular formula is C9H9BrO4. The number of ether oxygens (including phenoxy) is 2. The summed E-state index contributed by atoms with van der Waals surface area (Å²) in [6.07, 6.45) is 0.344. The third-order valence-corrected chi connectivity index (χ3v) is 2.65. The fraction of sp³-hybridized carbons (Fsp3) is 0.333. The van der Waals surface area contributed by atoms with Crippen LogP contribution in [0.1, 0.15) is 5.56 Å². The third-order valence-electron chi connectivity index (χ3n) is 2.05. The smallest absolute Gasteiger partial charge is 0.231 e. The Morgan fingerprint density at radius 1 is 1.43 bits per heavy atom. The molecule has 0 saturated heterocycles. The van der Waals surface area contributed by atoms with E-state index in [0.717, 1.165) is 0 Å². The van der Waals surface area contributed by atoms with E-state index in [0.29, 0.717) is 28.0 Å². The van der Waals surface area contributed by atoms with Crippen molar-refractivity contribution in [3.8, 4) is 17.2 Å². The minimum Gasteiger partial charge on any atom is -0.506 e. The quantitative estimate of drug-likeness (QED) is 0.845. The van der Waals surface area contributed by atoms with Gasteiger partial charge in [-0.25, -0.2) is 0 Å². The van der Waals surface area contributed by atoms with Gasteiger partial charge in [0.05, 0.1) is 4.47 Å². The van der Waals surface area contributed by atoms with Gasteiger partial charge >= 0.3 is 0 Å². The summed E-state index contributed by atoms with van der Waals surface area (Å²) in [4.78, 5) is 0. The van der Waals surface area contributed by atoms with Crippen molar-refractivity contribution >= 4 is 15.9 Å². The van der Waals surface area contributed by atoms with E-state index in [2.05, 4.69) is 15.9 Å². The standard InChI is InChI=1S/C9H9BrO4/c10-6-3-7-9(14-4-13-7)5(1-2-11)8(6)12/h3,11-12H,1-2,4H2. The van der Waals surface area contributed by atoms with Crippen LogP contribution in [0.3, 0.4) is 0 Å². The molecule has 2 N–H and O–H groups in total. The highest BCUT2D eigenvalue weighted by atomic mass is 79.9. The molecule has 76 valence electrons. The van der Waals surface area contributed by atoms with E-state index in [1.165, 1.54) is 0 Å². The largest absolute Gasteiger partial charge is 0.506 e. The van der Waals surface area contributed by atoms with E-state index in [9.17, 15) is 5.11 Å². The molecule has 4 nitrogen and oxygen atoms in total. The van der Waals surface area contributed by atoms with Crippen LogP contribution in [0, 0.1) is 0 Å². The zero-order valence-electron chi connectivity index (χ0n) is 7.29. The molecule has 5 heteroatoms. The van der Waals surface area contributed by atoms with Crippen LogP contribution in [0.4, 0.5) is 0 Å². The minimum atomic E-state index is -0.0419. The Labute approximate surface area is 89.2 Å². The Morgan fingerprint density at radius 2 is 2.21 bits per heavy atom. The van der Waals surface area contributed by atoms with Crippen molar-refractivity contribution < 1.29 is 19.7 Å².